The Morgan fingerprint density at radius 3 is 2.67 bits per heavy atom. The molecule has 1 atom stereocenters. The van der Waals surface area contributed by atoms with Gasteiger partial charge in [0.2, 0.25) is 0 Å². The number of aliphatic carboxylic acids is 1. The van der Waals surface area contributed by atoms with Crippen LogP contribution in [0.5, 0.6) is 0 Å². The molecule has 0 aliphatic heterocycles. The Morgan fingerprint density at radius 2 is 2.05 bits per heavy atom. The van der Waals surface area contributed by atoms with Crippen molar-refractivity contribution in [2.75, 3.05) is 0 Å². The third-order valence-electron chi connectivity index (χ3n) is 2.89. The first-order valence-corrected chi connectivity index (χ1v) is 6.63. The van der Waals surface area contributed by atoms with Crippen LogP contribution in [0.25, 0.3) is 5.69 Å². The largest absolute Gasteiger partial charge is 0.480 e. The van der Waals surface area contributed by atoms with Gasteiger partial charge in [0, 0.05) is 0 Å². The minimum Gasteiger partial charge on any atom is -0.480 e. The van der Waals surface area contributed by atoms with Gasteiger partial charge in [-0.1, -0.05) is 31.5 Å². The lowest BCUT2D eigenvalue weighted by Gasteiger charge is -2.11. The Bertz CT molecular complexity index is 624. The molecule has 1 amide bonds. The highest BCUT2D eigenvalue weighted by Gasteiger charge is 2.21. The van der Waals surface area contributed by atoms with Crippen molar-refractivity contribution in [3.63, 3.8) is 0 Å². The van der Waals surface area contributed by atoms with Gasteiger partial charge < -0.3 is 10.4 Å². The molecule has 110 valence electrons. The summed E-state index contributed by atoms with van der Waals surface area (Å²) < 4.78 is 0. The molecule has 0 unspecified atom stereocenters. The van der Waals surface area contributed by atoms with E-state index in [0.29, 0.717) is 12.8 Å². The van der Waals surface area contributed by atoms with Gasteiger partial charge in [-0.05, 0) is 18.6 Å². The predicted molar refractivity (Wildman–Crippen MR) is 75.2 cm³/mol. The number of aromatic nitrogens is 3. The first-order chi connectivity index (χ1) is 10.1. The van der Waals surface area contributed by atoms with Crippen molar-refractivity contribution in [1.29, 1.82) is 0 Å². The number of amides is 1. The normalized spacial score (nSPS) is 11.9. The molecular formula is C14H16N4O3. The van der Waals surface area contributed by atoms with Crippen LogP contribution >= 0.6 is 0 Å². The third kappa shape index (κ3) is 3.65. The molecule has 7 heteroatoms. The fraction of sp³-hybridized carbons (Fsp3) is 0.286. The molecule has 2 aromatic rings. The van der Waals surface area contributed by atoms with Gasteiger partial charge in [-0.25, -0.2) is 4.79 Å². The highest BCUT2D eigenvalue weighted by atomic mass is 16.4. The first-order valence-electron chi connectivity index (χ1n) is 6.63. The van der Waals surface area contributed by atoms with Crippen LogP contribution in [-0.4, -0.2) is 38.0 Å². The molecule has 0 fully saturated rings. The number of hydrogen-bond acceptors (Lipinski definition) is 4. The van der Waals surface area contributed by atoms with Crippen LogP contribution in [0.3, 0.4) is 0 Å². The zero-order chi connectivity index (χ0) is 15.2. The number of carbonyl (C=O) groups excluding carboxylic acids is 1. The summed E-state index contributed by atoms with van der Waals surface area (Å²) in [7, 11) is 0. The summed E-state index contributed by atoms with van der Waals surface area (Å²) in [5.74, 6) is -1.60. The van der Waals surface area contributed by atoms with E-state index in [-0.39, 0.29) is 5.69 Å². The van der Waals surface area contributed by atoms with Crippen molar-refractivity contribution in [3.05, 3.63) is 42.2 Å². The van der Waals surface area contributed by atoms with Crippen LogP contribution in [0.2, 0.25) is 0 Å². The van der Waals surface area contributed by atoms with Gasteiger partial charge in [0.05, 0.1) is 11.9 Å². The van der Waals surface area contributed by atoms with E-state index in [2.05, 4.69) is 15.5 Å². The minimum absolute atomic E-state index is 0.0845. The molecule has 7 nitrogen and oxygen atoms in total. The second-order valence-corrected chi connectivity index (χ2v) is 4.51. The topological polar surface area (TPSA) is 97.1 Å². The summed E-state index contributed by atoms with van der Waals surface area (Å²) in [6.07, 6.45) is 2.34. The monoisotopic (exact) mass is 288 g/mol. The zero-order valence-corrected chi connectivity index (χ0v) is 11.6. The first kappa shape index (κ1) is 14.7. The average molecular weight is 288 g/mol. The molecule has 0 saturated carbocycles. The maximum Gasteiger partial charge on any atom is 0.326 e. The molecule has 0 aliphatic rings. The number of carbonyl (C=O) groups is 2. The summed E-state index contributed by atoms with van der Waals surface area (Å²) in [5, 5.41) is 19.5. The fourth-order valence-electron chi connectivity index (χ4n) is 1.83. The van der Waals surface area contributed by atoms with Gasteiger partial charge in [0.1, 0.15) is 6.04 Å². The van der Waals surface area contributed by atoms with E-state index in [1.807, 2.05) is 25.1 Å². The molecule has 1 heterocycles. The molecule has 2 N–H and O–H groups in total. The Hall–Kier alpha value is -2.70. The quantitative estimate of drug-likeness (QED) is 0.833. The molecule has 1 aromatic carbocycles. The van der Waals surface area contributed by atoms with Crippen LogP contribution in [0.15, 0.2) is 36.5 Å². The van der Waals surface area contributed by atoms with Crippen LogP contribution in [0, 0.1) is 0 Å². The second-order valence-electron chi connectivity index (χ2n) is 4.51. The zero-order valence-electron chi connectivity index (χ0n) is 11.6. The number of rotatable bonds is 6. The van der Waals surface area contributed by atoms with Crippen LogP contribution in [-0.2, 0) is 4.79 Å². The van der Waals surface area contributed by atoms with Crippen LogP contribution in [0.1, 0.15) is 30.3 Å². The van der Waals surface area contributed by atoms with E-state index in [4.69, 9.17) is 5.11 Å². The van der Waals surface area contributed by atoms with Crippen molar-refractivity contribution in [2.24, 2.45) is 0 Å². The highest BCUT2D eigenvalue weighted by molar-refractivity contribution is 5.94. The maximum atomic E-state index is 12.0. The molecule has 0 spiro atoms. The SMILES string of the molecule is CCC[C@H](NC(=O)c1cnn(-c2ccccc2)n1)C(=O)O. The smallest absolute Gasteiger partial charge is 0.326 e. The third-order valence-corrected chi connectivity index (χ3v) is 2.89. The van der Waals surface area contributed by atoms with Gasteiger partial charge >= 0.3 is 5.97 Å². The summed E-state index contributed by atoms with van der Waals surface area (Å²) in [4.78, 5) is 24.3. The van der Waals surface area contributed by atoms with Crippen molar-refractivity contribution in [2.45, 2.75) is 25.8 Å². The van der Waals surface area contributed by atoms with Crippen LogP contribution < -0.4 is 5.32 Å². The molecule has 0 aliphatic carbocycles. The fourth-order valence-corrected chi connectivity index (χ4v) is 1.83. The molecule has 1 aromatic heterocycles. The maximum absolute atomic E-state index is 12.0. The highest BCUT2D eigenvalue weighted by Crippen LogP contribution is 2.05. The number of hydrogen-bond donors (Lipinski definition) is 2. The van der Waals surface area contributed by atoms with E-state index in [1.165, 1.54) is 11.0 Å². The molecule has 21 heavy (non-hydrogen) atoms. The Balaban J connectivity index is 2.10. The Morgan fingerprint density at radius 1 is 1.33 bits per heavy atom. The average Bonchev–Trinajstić information content (AvgIpc) is 2.97. The van der Waals surface area contributed by atoms with Crippen molar-refractivity contribution < 1.29 is 14.7 Å². The number of carboxylic acid groups (broad SMARTS) is 1. The standard InChI is InChI=1S/C14H16N4O3/c1-2-6-11(14(20)21)16-13(19)12-9-15-18(17-12)10-7-4-3-5-8-10/h3-5,7-9,11H,2,6H2,1H3,(H,16,19)(H,20,21)/t11-/m0/s1. The van der Waals surface area contributed by atoms with E-state index < -0.39 is 17.9 Å². The van der Waals surface area contributed by atoms with E-state index in [9.17, 15) is 9.59 Å². The lowest BCUT2D eigenvalue weighted by atomic mass is 10.1. The number of carboxylic acids is 1. The van der Waals surface area contributed by atoms with Gasteiger partial charge in [-0.2, -0.15) is 9.90 Å². The number of benzene rings is 1. The summed E-state index contributed by atoms with van der Waals surface area (Å²) in [5.41, 5.74) is 0.807. The summed E-state index contributed by atoms with van der Waals surface area (Å²) in [6, 6.07) is 8.23. The number of nitrogens with zero attached hydrogens (tertiary/aromatic N) is 3. The second kappa shape index (κ2) is 6.65. The summed E-state index contributed by atoms with van der Waals surface area (Å²) >= 11 is 0. The Labute approximate surface area is 121 Å². The number of para-hydroxylation sites is 1. The lowest BCUT2D eigenvalue weighted by molar-refractivity contribution is -0.139. The molecular weight excluding hydrogens is 272 g/mol. The van der Waals surface area contributed by atoms with Gasteiger partial charge in [-0.3, -0.25) is 4.79 Å². The molecule has 0 saturated heterocycles. The minimum atomic E-state index is -1.05. The van der Waals surface area contributed by atoms with Crippen molar-refractivity contribution in [1.82, 2.24) is 20.3 Å². The molecule has 2 rings (SSSR count). The number of nitrogens with one attached hydrogen (secondary N) is 1. The van der Waals surface area contributed by atoms with Gasteiger partial charge in [0.15, 0.2) is 5.69 Å². The van der Waals surface area contributed by atoms with E-state index in [1.54, 1.807) is 12.1 Å². The lowest BCUT2D eigenvalue weighted by Crippen LogP contribution is -2.40. The molecule has 0 radical (unpaired) electrons. The van der Waals surface area contributed by atoms with Crippen molar-refractivity contribution >= 4 is 11.9 Å². The predicted octanol–water partition coefficient (Wildman–Crippen LogP) is 1.25. The van der Waals surface area contributed by atoms with Crippen LogP contribution in [0.4, 0.5) is 0 Å². The Kier molecular flexibility index (Phi) is 4.65. The van der Waals surface area contributed by atoms with E-state index in [0.717, 1.165) is 5.69 Å². The molecule has 0 bridgehead atoms. The van der Waals surface area contributed by atoms with E-state index >= 15 is 0 Å². The van der Waals surface area contributed by atoms with Crippen molar-refractivity contribution in [3.8, 4) is 5.69 Å². The summed E-state index contributed by atoms with van der Waals surface area (Å²) in [6.45, 7) is 1.85. The van der Waals surface area contributed by atoms with Gasteiger partial charge in [0.25, 0.3) is 5.91 Å². The van der Waals surface area contributed by atoms with Gasteiger partial charge in [-0.15, -0.1) is 5.10 Å².